The Labute approximate surface area is 147 Å². The minimum Gasteiger partial charge on any atom is -0.481 e. The molecule has 0 aliphatic rings. The number of aliphatic carboxylic acids is 1. The van der Waals surface area contributed by atoms with Crippen molar-refractivity contribution in [2.24, 2.45) is 5.92 Å². The molecule has 23 heavy (non-hydrogen) atoms. The summed E-state index contributed by atoms with van der Waals surface area (Å²) in [7, 11) is 0. The summed E-state index contributed by atoms with van der Waals surface area (Å²) in [5, 5.41) is 11.9. The largest absolute Gasteiger partial charge is 0.481 e. The van der Waals surface area contributed by atoms with Gasteiger partial charge in [0.1, 0.15) is 0 Å². The Kier molecular flexibility index (Phi) is 15.7. The number of hydrogen-bond acceptors (Lipinski definition) is 3. The van der Waals surface area contributed by atoms with Crippen LogP contribution in [0, 0.1) is 5.92 Å². The SMILES string of the molecule is CCCCCCCCCCCCC(CC(=O)NCCS)C(=O)O. The molecule has 0 heterocycles. The number of hydrogen-bond donors (Lipinski definition) is 3. The monoisotopic (exact) mass is 345 g/mol. The predicted octanol–water partition coefficient (Wildman–Crippen LogP) is 4.43. The molecule has 0 bridgehead atoms. The highest BCUT2D eigenvalue weighted by molar-refractivity contribution is 7.80. The number of rotatable bonds is 16. The fourth-order valence-corrected chi connectivity index (χ4v) is 2.79. The average molecular weight is 346 g/mol. The summed E-state index contributed by atoms with van der Waals surface area (Å²) in [6, 6.07) is 0. The number of nitrogens with one attached hydrogen (secondary N) is 1. The number of unbranched alkanes of at least 4 members (excludes halogenated alkanes) is 9. The van der Waals surface area contributed by atoms with Crippen LogP contribution in [0.4, 0.5) is 0 Å². The Morgan fingerprint density at radius 2 is 1.48 bits per heavy atom. The Hall–Kier alpha value is -0.710. The fourth-order valence-electron chi connectivity index (χ4n) is 2.68. The molecule has 5 heteroatoms. The third kappa shape index (κ3) is 14.6. The van der Waals surface area contributed by atoms with Crippen molar-refractivity contribution in [1.82, 2.24) is 5.32 Å². The van der Waals surface area contributed by atoms with Gasteiger partial charge in [-0.05, 0) is 6.42 Å². The van der Waals surface area contributed by atoms with Gasteiger partial charge in [-0.3, -0.25) is 9.59 Å². The first-order chi connectivity index (χ1) is 11.1. The van der Waals surface area contributed by atoms with Crippen LogP contribution in [-0.2, 0) is 9.59 Å². The van der Waals surface area contributed by atoms with E-state index in [0.29, 0.717) is 18.7 Å². The minimum absolute atomic E-state index is 0.0839. The standard InChI is InChI=1S/C18H35NO3S/c1-2-3-4-5-6-7-8-9-10-11-12-16(18(21)22)15-17(20)19-13-14-23/h16,23H,2-15H2,1H3,(H,19,20)(H,21,22). The molecule has 1 atom stereocenters. The number of carboxylic acids is 1. The van der Waals surface area contributed by atoms with Crippen molar-refractivity contribution >= 4 is 24.5 Å². The van der Waals surface area contributed by atoms with Crippen LogP contribution in [0.15, 0.2) is 0 Å². The van der Waals surface area contributed by atoms with Crippen molar-refractivity contribution in [3.05, 3.63) is 0 Å². The number of carboxylic acid groups (broad SMARTS) is 1. The number of amides is 1. The van der Waals surface area contributed by atoms with Crippen molar-refractivity contribution in [1.29, 1.82) is 0 Å². The maximum atomic E-state index is 11.6. The summed E-state index contributed by atoms with van der Waals surface area (Å²) < 4.78 is 0. The second kappa shape index (κ2) is 16.2. The van der Waals surface area contributed by atoms with E-state index in [-0.39, 0.29) is 12.3 Å². The molecule has 0 fully saturated rings. The van der Waals surface area contributed by atoms with Crippen LogP contribution in [0.5, 0.6) is 0 Å². The van der Waals surface area contributed by atoms with Gasteiger partial charge in [0.05, 0.1) is 5.92 Å². The lowest BCUT2D eigenvalue weighted by Crippen LogP contribution is -2.29. The van der Waals surface area contributed by atoms with Crippen LogP contribution in [0.2, 0.25) is 0 Å². The van der Waals surface area contributed by atoms with Gasteiger partial charge < -0.3 is 10.4 Å². The zero-order valence-electron chi connectivity index (χ0n) is 14.7. The third-order valence-electron chi connectivity index (χ3n) is 4.12. The highest BCUT2D eigenvalue weighted by Gasteiger charge is 2.20. The van der Waals surface area contributed by atoms with Crippen LogP contribution in [0.3, 0.4) is 0 Å². The van der Waals surface area contributed by atoms with E-state index in [4.69, 9.17) is 0 Å². The first kappa shape index (κ1) is 22.3. The molecule has 0 spiro atoms. The smallest absolute Gasteiger partial charge is 0.307 e. The molecule has 1 unspecified atom stereocenters. The Bertz CT molecular complexity index is 311. The zero-order valence-corrected chi connectivity index (χ0v) is 15.6. The van der Waals surface area contributed by atoms with E-state index in [1.807, 2.05) is 0 Å². The van der Waals surface area contributed by atoms with Crippen LogP contribution in [-0.4, -0.2) is 29.3 Å². The molecule has 136 valence electrons. The van der Waals surface area contributed by atoms with Crippen LogP contribution >= 0.6 is 12.6 Å². The third-order valence-corrected chi connectivity index (χ3v) is 4.34. The summed E-state index contributed by atoms with van der Waals surface area (Å²) in [6.45, 7) is 2.72. The maximum Gasteiger partial charge on any atom is 0.307 e. The Morgan fingerprint density at radius 3 is 1.96 bits per heavy atom. The molecule has 4 nitrogen and oxygen atoms in total. The zero-order chi connectivity index (χ0) is 17.3. The van der Waals surface area contributed by atoms with E-state index in [1.165, 1.54) is 51.4 Å². The van der Waals surface area contributed by atoms with Crippen LogP contribution in [0.25, 0.3) is 0 Å². The van der Waals surface area contributed by atoms with E-state index in [9.17, 15) is 14.7 Å². The van der Waals surface area contributed by atoms with Crippen molar-refractivity contribution in [2.75, 3.05) is 12.3 Å². The first-order valence-electron chi connectivity index (χ1n) is 9.22. The molecule has 0 radical (unpaired) electrons. The van der Waals surface area contributed by atoms with E-state index in [0.717, 1.165) is 12.8 Å². The molecular formula is C18H35NO3S. The summed E-state index contributed by atoms with van der Waals surface area (Å²) >= 11 is 4.02. The van der Waals surface area contributed by atoms with Gasteiger partial charge in [-0.15, -0.1) is 0 Å². The molecule has 0 saturated heterocycles. The second-order valence-corrected chi connectivity index (χ2v) is 6.73. The van der Waals surface area contributed by atoms with Crippen molar-refractivity contribution in [3.63, 3.8) is 0 Å². The van der Waals surface area contributed by atoms with E-state index in [1.54, 1.807) is 0 Å². The highest BCUT2D eigenvalue weighted by atomic mass is 32.1. The molecule has 0 aromatic carbocycles. The van der Waals surface area contributed by atoms with Crippen LogP contribution < -0.4 is 5.32 Å². The molecule has 2 N–H and O–H groups in total. The number of carbonyl (C=O) groups excluding carboxylic acids is 1. The molecule has 0 aliphatic carbocycles. The fraction of sp³-hybridized carbons (Fsp3) is 0.889. The summed E-state index contributed by atoms with van der Waals surface area (Å²) in [5.74, 6) is -1.02. The van der Waals surface area contributed by atoms with Gasteiger partial charge in [-0.25, -0.2) is 0 Å². The lowest BCUT2D eigenvalue weighted by atomic mass is 9.96. The van der Waals surface area contributed by atoms with Gasteiger partial charge >= 0.3 is 5.97 Å². The van der Waals surface area contributed by atoms with Crippen molar-refractivity contribution < 1.29 is 14.7 Å². The Balaban J connectivity index is 3.61. The second-order valence-electron chi connectivity index (χ2n) is 6.28. The van der Waals surface area contributed by atoms with Gasteiger partial charge in [0.2, 0.25) is 5.91 Å². The number of thiol groups is 1. The van der Waals surface area contributed by atoms with Crippen molar-refractivity contribution in [2.45, 2.75) is 84.0 Å². The first-order valence-corrected chi connectivity index (χ1v) is 9.85. The molecule has 0 aliphatic heterocycles. The normalized spacial score (nSPS) is 12.1. The van der Waals surface area contributed by atoms with Gasteiger partial charge in [0.25, 0.3) is 0 Å². The lowest BCUT2D eigenvalue weighted by molar-refractivity contribution is -0.144. The molecule has 0 aromatic rings. The summed E-state index contributed by atoms with van der Waals surface area (Å²) in [5.41, 5.74) is 0. The highest BCUT2D eigenvalue weighted by Crippen LogP contribution is 2.16. The molecular weight excluding hydrogens is 310 g/mol. The topological polar surface area (TPSA) is 66.4 Å². The van der Waals surface area contributed by atoms with Crippen LogP contribution in [0.1, 0.15) is 84.0 Å². The molecule has 1 amide bonds. The van der Waals surface area contributed by atoms with E-state index < -0.39 is 11.9 Å². The van der Waals surface area contributed by atoms with E-state index >= 15 is 0 Å². The Morgan fingerprint density at radius 1 is 0.957 bits per heavy atom. The molecule has 0 aromatic heterocycles. The van der Waals surface area contributed by atoms with Gasteiger partial charge in [0, 0.05) is 18.7 Å². The predicted molar refractivity (Wildman–Crippen MR) is 99.1 cm³/mol. The molecule has 0 rings (SSSR count). The molecule has 0 saturated carbocycles. The lowest BCUT2D eigenvalue weighted by Gasteiger charge is -2.12. The van der Waals surface area contributed by atoms with Gasteiger partial charge in [-0.1, -0.05) is 71.1 Å². The quantitative estimate of drug-likeness (QED) is 0.286. The van der Waals surface area contributed by atoms with Gasteiger partial charge in [-0.2, -0.15) is 12.6 Å². The van der Waals surface area contributed by atoms with Crippen molar-refractivity contribution in [3.8, 4) is 0 Å². The summed E-state index contributed by atoms with van der Waals surface area (Å²) in [4.78, 5) is 22.8. The summed E-state index contributed by atoms with van der Waals surface area (Å²) in [6.07, 6.45) is 13.0. The minimum atomic E-state index is -0.859. The van der Waals surface area contributed by atoms with Gasteiger partial charge in [0.15, 0.2) is 0 Å². The number of carbonyl (C=O) groups is 2. The average Bonchev–Trinajstić information content (AvgIpc) is 2.53. The van der Waals surface area contributed by atoms with E-state index in [2.05, 4.69) is 24.9 Å². The maximum absolute atomic E-state index is 11.6.